The standard InChI is InChI=1S/C19H36O4/c1-3-4-5-6-7-8-9-10-11-12-13-14-21-15-18-19(23-18)16-22-17(2)20/h18-19H,3-16H2,1-2H3/t18-,19+/m1/s1. The second kappa shape index (κ2) is 13.8. The summed E-state index contributed by atoms with van der Waals surface area (Å²) < 4.78 is 15.9. The van der Waals surface area contributed by atoms with Crippen molar-refractivity contribution in [2.45, 2.75) is 96.7 Å². The molecule has 1 aliphatic heterocycles. The summed E-state index contributed by atoms with van der Waals surface area (Å²) in [6.07, 6.45) is 15.1. The molecule has 0 amide bonds. The molecule has 1 fully saturated rings. The summed E-state index contributed by atoms with van der Waals surface area (Å²) in [6.45, 7) is 5.49. The Bertz CT molecular complexity index is 293. The Morgan fingerprint density at radius 3 is 1.91 bits per heavy atom. The number of hydrogen-bond acceptors (Lipinski definition) is 4. The van der Waals surface area contributed by atoms with Crippen LogP contribution in [0.4, 0.5) is 0 Å². The van der Waals surface area contributed by atoms with Gasteiger partial charge in [0, 0.05) is 13.5 Å². The second-order valence-corrected chi connectivity index (χ2v) is 6.63. The van der Waals surface area contributed by atoms with Crippen LogP contribution < -0.4 is 0 Å². The molecular weight excluding hydrogens is 292 g/mol. The zero-order chi connectivity index (χ0) is 16.8. The lowest BCUT2D eigenvalue weighted by Gasteiger charge is -2.03. The van der Waals surface area contributed by atoms with E-state index in [-0.39, 0.29) is 18.2 Å². The fourth-order valence-corrected chi connectivity index (χ4v) is 2.74. The van der Waals surface area contributed by atoms with Crippen molar-refractivity contribution in [2.75, 3.05) is 19.8 Å². The Kier molecular flexibility index (Phi) is 12.3. The molecule has 4 nitrogen and oxygen atoms in total. The minimum Gasteiger partial charge on any atom is -0.463 e. The maximum atomic E-state index is 10.7. The summed E-state index contributed by atoms with van der Waals surface area (Å²) in [5.41, 5.74) is 0. The van der Waals surface area contributed by atoms with Gasteiger partial charge in [-0.05, 0) is 6.42 Å². The number of rotatable bonds is 16. The topological polar surface area (TPSA) is 48.1 Å². The number of epoxide rings is 1. The Morgan fingerprint density at radius 2 is 1.35 bits per heavy atom. The van der Waals surface area contributed by atoms with Crippen LogP contribution in [0.25, 0.3) is 0 Å². The lowest BCUT2D eigenvalue weighted by Crippen LogP contribution is -2.12. The van der Waals surface area contributed by atoms with Crippen LogP contribution in [0.3, 0.4) is 0 Å². The van der Waals surface area contributed by atoms with Gasteiger partial charge in [-0.3, -0.25) is 4.79 Å². The predicted molar refractivity (Wildman–Crippen MR) is 92.6 cm³/mol. The fraction of sp³-hybridized carbons (Fsp3) is 0.947. The van der Waals surface area contributed by atoms with Crippen molar-refractivity contribution in [2.24, 2.45) is 0 Å². The lowest BCUT2D eigenvalue weighted by molar-refractivity contribution is -0.141. The first-order valence-corrected chi connectivity index (χ1v) is 9.60. The molecule has 1 rings (SSSR count). The molecule has 1 heterocycles. The third-order valence-corrected chi connectivity index (χ3v) is 4.31. The molecule has 0 N–H and O–H groups in total. The average Bonchev–Trinajstić information content (AvgIpc) is 3.28. The van der Waals surface area contributed by atoms with E-state index in [1.807, 2.05) is 0 Å². The number of carbonyl (C=O) groups excluding carboxylic acids is 1. The van der Waals surface area contributed by atoms with Crippen LogP contribution in [0.1, 0.15) is 84.5 Å². The molecule has 2 atom stereocenters. The monoisotopic (exact) mass is 328 g/mol. The Hall–Kier alpha value is -0.610. The van der Waals surface area contributed by atoms with Crippen molar-refractivity contribution < 1.29 is 19.0 Å². The first-order chi connectivity index (χ1) is 11.2. The largest absolute Gasteiger partial charge is 0.463 e. The van der Waals surface area contributed by atoms with E-state index in [4.69, 9.17) is 14.2 Å². The van der Waals surface area contributed by atoms with Gasteiger partial charge >= 0.3 is 5.97 Å². The molecule has 0 aliphatic carbocycles. The Morgan fingerprint density at radius 1 is 0.826 bits per heavy atom. The molecule has 23 heavy (non-hydrogen) atoms. The highest BCUT2D eigenvalue weighted by Gasteiger charge is 2.39. The molecule has 0 aromatic heterocycles. The fourth-order valence-electron chi connectivity index (χ4n) is 2.74. The van der Waals surface area contributed by atoms with Gasteiger partial charge in [-0.1, -0.05) is 71.1 Å². The normalized spacial score (nSPS) is 19.7. The third-order valence-electron chi connectivity index (χ3n) is 4.31. The maximum Gasteiger partial charge on any atom is 0.302 e. The highest BCUT2D eigenvalue weighted by atomic mass is 16.6. The Labute approximate surface area is 142 Å². The molecule has 0 aromatic carbocycles. The van der Waals surface area contributed by atoms with Crippen LogP contribution in [0, 0.1) is 0 Å². The zero-order valence-corrected chi connectivity index (χ0v) is 15.2. The van der Waals surface area contributed by atoms with Crippen molar-refractivity contribution in [1.82, 2.24) is 0 Å². The SMILES string of the molecule is CCCCCCCCCCCCCOC[C@H]1O[C@H]1COC(C)=O. The van der Waals surface area contributed by atoms with Crippen molar-refractivity contribution in [3.8, 4) is 0 Å². The highest BCUT2D eigenvalue weighted by molar-refractivity contribution is 5.65. The summed E-state index contributed by atoms with van der Waals surface area (Å²) in [7, 11) is 0. The molecule has 0 bridgehead atoms. The first kappa shape index (κ1) is 20.4. The van der Waals surface area contributed by atoms with Gasteiger partial charge in [-0.15, -0.1) is 0 Å². The molecule has 136 valence electrons. The van der Waals surface area contributed by atoms with E-state index in [0.717, 1.165) is 13.0 Å². The van der Waals surface area contributed by atoms with Crippen molar-refractivity contribution in [1.29, 1.82) is 0 Å². The number of carbonyl (C=O) groups is 1. The molecule has 0 unspecified atom stereocenters. The van der Waals surface area contributed by atoms with E-state index < -0.39 is 0 Å². The van der Waals surface area contributed by atoms with E-state index in [0.29, 0.717) is 13.2 Å². The zero-order valence-electron chi connectivity index (χ0n) is 15.2. The van der Waals surface area contributed by atoms with E-state index >= 15 is 0 Å². The highest BCUT2D eigenvalue weighted by Crippen LogP contribution is 2.22. The number of ether oxygens (including phenoxy) is 3. The molecule has 0 radical (unpaired) electrons. The van der Waals surface area contributed by atoms with Gasteiger partial charge in [-0.2, -0.15) is 0 Å². The van der Waals surface area contributed by atoms with Crippen molar-refractivity contribution >= 4 is 5.97 Å². The lowest BCUT2D eigenvalue weighted by atomic mass is 10.1. The van der Waals surface area contributed by atoms with Crippen LogP contribution in [-0.2, 0) is 19.0 Å². The summed E-state index contributed by atoms with van der Waals surface area (Å²) >= 11 is 0. The van der Waals surface area contributed by atoms with Crippen LogP contribution in [0.5, 0.6) is 0 Å². The minimum atomic E-state index is -0.249. The summed E-state index contributed by atoms with van der Waals surface area (Å²) in [5.74, 6) is -0.249. The quantitative estimate of drug-likeness (QED) is 0.235. The van der Waals surface area contributed by atoms with Gasteiger partial charge in [0.05, 0.1) is 6.61 Å². The number of hydrogen-bond donors (Lipinski definition) is 0. The van der Waals surface area contributed by atoms with Gasteiger partial charge in [-0.25, -0.2) is 0 Å². The summed E-state index contributed by atoms with van der Waals surface area (Å²) in [4.78, 5) is 10.7. The van der Waals surface area contributed by atoms with Crippen LogP contribution in [-0.4, -0.2) is 38.0 Å². The second-order valence-electron chi connectivity index (χ2n) is 6.63. The maximum absolute atomic E-state index is 10.7. The van der Waals surface area contributed by atoms with E-state index in [1.165, 1.54) is 71.1 Å². The van der Waals surface area contributed by atoms with E-state index in [1.54, 1.807) is 0 Å². The van der Waals surface area contributed by atoms with Crippen molar-refractivity contribution in [3.63, 3.8) is 0 Å². The third kappa shape index (κ3) is 12.5. The molecule has 4 heteroatoms. The van der Waals surface area contributed by atoms with Gasteiger partial charge in [0.2, 0.25) is 0 Å². The van der Waals surface area contributed by atoms with Crippen LogP contribution in [0.15, 0.2) is 0 Å². The summed E-state index contributed by atoms with van der Waals surface area (Å²) in [6, 6.07) is 0. The molecule has 1 aliphatic rings. The van der Waals surface area contributed by atoms with Gasteiger partial charge in [0.15, 0.2) is 0 Å². The van der Waals surface area contributed by atoms with Gasteiger partial charge in [0.25, 0.3) is 0 Å². The van der Waals surface area contributed by atoms with E-state index in [2.05, 4.69) is 6.92 Å². The minimum absolute atomic E-state index is 0.0521. The van der Waals surface area contributed by atoms with Gasteiger partial charge in [0.1, 0.15) is 18.8 Å². The predicted octanol–water partition coefficient (Wildman–Crippen LogP) is 4.64. The molecule has 0 spiro atoms. The summed E-state index contributed by atoms with van der Waals surface area (Å²) in [5, 5.41) is 0. The molecule has 0 aromatic rings. The Balaban J connectivity index is 1.70. The van der Waals surface area contributed by atoms with Crippen molar-refractivity contribution in [3.05, 3.63) is 0 Å². The van der Waals surface area contributed by atoms with Crippen LogP contribution in [0.2, 0.25) is 0 Å². The van der Waals surface area contributed by atoms with E-state index in [9.17, 15) is 4.79 Å². The molecule has 1 saturated heterocycles. The van der Waals surface area contributed by atoms with Gasteiger partial charge < -0.3 is 14.2 Å². The number of unbranched alkanes of at least 4 members (excludes halogenated alkanes) is 10. The van der Waals surface area contributed by atoms with Crippen LogP contribution >= 0.6 is 0 Å². The smallest absolute Gasteiger partial charge is 0.302 e. The number of esters is 1. The molecule has 0 saturated carbocycles. The molecular formula is C19H36O4. The average molecular weight is 328 g/mol. The first-order valence-electron chi connectivity index (χ1n) is 9.60.